The highest BCUT2D eigenvalue weighted by Crippen LogP contribution is 2.22. The van der Waals surface area contributed by atoms with Crippen LogP contribution in [0.2, 0.25) is 0 Å². The summed E-state index contributed by atoms with van der Waals surface area (Å²) in [4.78, 5) is 6.91. The normalized spacial score (nSPS) is 10.8. The maximum atomic E-state index is 9.23. The van der Waals surface area contributed by atoms with Gasteiger partial charge in [-0.3, -0.25) is 0 Å². The number of nitrogens with one attached hydrogen (secondary N) is 1. The molecule has 0 bridgehead atoms. The molecule has 0 amide bonds. The maximum Gasteiger partial charge on any atom is 0.198 e. The fourth-order valence-corrected chi connectivity index (χ4v) is 1.29. The molecule has 4 N–H and O–H groups in total. The highest BCUT2D eigenvalue weighted by molar-refractivity contribution is 5.81. The van der Waals surface area contributed by atoms with Gasteiger partial charge in [0.2, 0.25) is 0 Å². The summed E-state index contributed by atoms with van der Waals surface area (Å²) in [5, 5.41) is 9.23. The smallest absolute Gasteiger partial charge is 0.198 e. The second kappa shape index (κ2) is 2.14. The van der Waals surface area contributed by atoms with Crippen molar-refractivity contribution >= 4 is 17.0 Å². The third-order valence-electron chi connectivity index (χ3n) is 1.78. The lowest BCUT2D eigenvalue weighted by molar-refractivity contribution is 0.475. The van der Waals surface area contributed by atoms with Crippen LogP contribution >= 0.6 is 0 Å². The van der Waals surface area contributed by atoms with Gasteiger partial charge >= 0.3 is 0 Å². The van der Waals surface area contributed by atoms with Crippen LogP contribution in [0.25, 0.3) is 11.0 Å². The number of rotatable bonds is 0. The molecular weight excluding hydrogens is 154 g/mol. The lowest BCUT2D eigenvalue weighted by atomic mass is 10.2. The number of hydrogen-bond donors (Lipinski definition) is 3. The van der Waals surface area contributed by atoms with E-state index in [0.29, 0.717) is 5.95 Å². The van der Waals surface area contributed by atoms with E-state index in [2.05, 4.69) is 9.97 Å². The number of phenols is 1. The molecule has 0 fully saturated rings. The number of aryl methyl sites for hydroxylation is 1. The quantitative estimate of drug-likeness (QED) is 0.545. The summed E-state index contributed by atoms with van der Waals surface area (Å²) in [5.41, 5.74) is 7.95. The van der Waals surface area contributed by atoms with E-state index in [1.807, 2.05) is 6.92 Å². The van der Waals surface area contributed by atoms with Gasteiger partial charge in [-0.05, 0) is 18.6 Å². The zero-order valence-corrected chi connectivity index (χ0v) is 6.63. The Hall–Kier alpha value is -1.71. The Morgan fingerprint density at radius 1 is 1.50 bits per heavy atom. The summed E-state index contributed by atoms with van der Waals surface area (Å²) in [5.74, 6) is 0.599. The number of hydrogen-bond acceptors (Lipinski definition) is 3. The van der Waals surface area contributed by atoms with Gasteiger partial charge in [-0.25, -0.2) is 4.98 Å². The molecule has 12 heavy (non-hydrogen) atoms. The molecule has 0 aliphatic heterocycles. The van der Waals surface area contributed by atoms with Crippen molar-refractivity contribution < 1.29 is 5.11 Å². The predicted octanol–water partition coefficient (Wildman–Crippen LogP) is 1.16. The molecule has 4 heteroatoms. The van der Waals surface area contributed by atoms with Crippen molar-refractivity contribution in [2.75, 3.05) is 5.73 Å². The van der Waals surface area contributed by atoms with E-state index < -0.39 is 0 Å². The highest BCUT2D eigenvalue weighted by atomic mass is 16.3. The third-order valence-corrected chi connectivity index (χ3v) is 1.78. The number of fused-ring (bicyclic) bond motifs is 1. The number of aromatic nitrogens is 2. The molecule has 1 aromatic heterocycles. The molecule has 2 rings (SSSR count). The monoisotopic (exact) mass is 163 g/mol. The minimum atomic E-state index is 0.226. The Labute approximate surface area is 69.0 Å². The van der Waals surface area contributed by atoms with Gasteiger partial charge in [-0.15, -0.1) is 0 Å². The van der Waals surface area contributed by atoms with Crippen molar-refractivity contribution in [3.8, 4) is 5.75 Å². The summed E-state index contributed by atoms with van der Waals surface area (Å²) in [6.07, 6.45) is 0. The molecule has 1 aromatic carbocycles. The zero-order chi connectivity index (χ0) is 8.72. The molecule has 0 radical (unpaired) electrons. The Morgan fingerprint density at radius 2 is 2.25 bits per heavy atom. The van der Waals surface area contributed by atoms with Gasteiger partial charge in [0.25, 0.3) is 0 Å². The second-order valence-electron chi connectivity index (χ2n) is 2.78. The zero-order valence-electron chi connectivity index (χ0n) is 6.63. The molecule has 2 aromatic rings. The first-order valence-electron chi connectivity index (χ1n) is 3.61. The fourth-order valence-electron chi connectivity index (χ4n) is 1.29. The standard InChI is InChI=1S/C8H9N3O/c1-4-2-5(12)3-6-7(4)11-8(9)10-6/h2-3,12H,1H3,(H3,9,10,11). The molecule has 62 valence electrons. The van der Waals surface area contributed by atoms with Crippen molar-refractivity contribution in [2.45, 2.75) is 6.92 Å². The average molecular weight is 163 g/mol. The predicted molar refractivity (Wildman–Crippen MR) is 46.9 cm³/mol. The molecule has 0 aliphatic carbocycles. The minimum Gasteiger partial charge on any atom is -0.508 e. The van der Waals surface area contributed by atoms with E-state index >= 15 is 0 Å². The van der Waals surface area contributed by atoms with Crippen LogP contribution in [0.4, 0.5) is 5.95 Å². The van der Waals surface area contributed by atoms with Gasteiger partial charge < -0.3 is 15.8 Å². The largest absolute Gasteiger partial charge is 0.508 e. The van der Waals surface area contributed by atoms with Crippen LogP contribution in [0, 0.1) is 6.92 Å². The topological polar surface area (TPSA) is 74.9 Å². The number of phenolic OH excluding ortho intramolecular Hbond substituents is 1. The van der Waals surface area contributed by atoms with Crippen LogP contribution < -0.4 is 5.73 Å². The minimum absolute atomic E-state index is 0.226. The summed E-state index contributed by atoms with van der Waals surface area (Å²) in [6.45, 7) is 1.88. The van der Waals surface area contributed by atoms with Crippen LogP contribution in [0.1, 0.15) is 5.56 Å². The summed E-state index contributed by atoms with van der Waals surface area (Å²) in [6, 6.07) is 3.26. The number of nitrogens with zero attached hydrogens (tertiary/aromatic N) is 1. The number of benzene rings is 1. The van der Waals surface area contributed by atoms with E-state index in [-0.39, 0.29) is 5.75 Å². The first-order chi connectivity index (χ1) is 5.66. The van der Waals surface area contributed by atoms with E-state index in [4.69, 9.17) is 5.73 Å². The Bertz CT molecular complexity index is 433. The Balaban J connectivity index is 2.88. The number of nitrogens with two attached hydrogens (primary N) is 1. The molecule has 0 saturated carbocycles. The van der Waals surface area contributed by atoms with Gasteiger partial charge in [-0.1, -0.05) is 0 Å². The molecule has 0 saturated heterocycles. The summed E-state index contributed by atoms with van der Waals surface area (Å²) >= 11 is 0. The third kappa shape index (κ3) is 0.887. The van der Waals surface area contributed by atoms with Crippen LogP contribution in [0.5, 0.6) is 5.75 Å². The van der Waals surface area contributed by atoms with Crippen molar-refractivity contribution in [3.63, 3.8) is 0 Å². The van der Waals surface area contributed by atoms with E-state index in [0.717, 1.165) is 16.6 Å². The van der Waals surface area contributed by atoms with Gasteiger partial charge in [0.15, 0.2) is 5.95 Å². The highest BCUT2D eigenvalue weighted by Gasteiger charge is 2.03. The van der Waals surface area contributed by atoms with Crippen LogP contribution in [-0.2, 0) is 0 Å². The summed E-state index contributed by atoms with van der Waals surface area (Å²) < 4.78 is 0. The first-order valence-corrected chi connectivity index (χ1v) is 3.61. The number of anilines is 1. The molecule has 0 spiro atoms. The Kier molecular flexibility index (Phi) is 1.24. The van der Waals surface area contributed by atoms with Crippen molar-refractivity contribution in [2.24, 2.45) is 0 Å². The number of aromatic amines is 1. The van der Waals surface area contributed by atoms with Crippen molar-refractivity contribution in [1.29, 1.82) is 0 Å². The average Bonchev–Trinajstić information content (AvgIpc) is 2.29. The first kappa shape index (κ1) is 6.97. The molecular formula is C8H9N3O. The summed E-state index contributed by atoms with van der Waals surface area (Å²) in [7, 11) is 0. The number of imidazole rings is 1. The van der Waals surface area contributed by atoms with Crippen molar-refractivity contribution in [1.82, 2.24) is 9.97 Å². The molecule has 1 heterocycles. The molecule has 0 aliphatic rings. The van der Waals surface area contributed by atoms with E-state index in [9.17, 15) is 5.11 Å². The number of nitrogen functional groups attached to an aromatic ring is 1. The lowest BCUT2D eigenvalue weighted by Crippen LogP contribution is -1.84. The maximum absolute atomic E-state index is 9.23. The number of H-pyrrole nitrogens is 1. The van der Waals surface area contributed by atoms with Gasteiger partial charge in [0.1, 0.15) is 5.75 Å². The van der Waals surface area contributed by atoms with Gasteiger partial charge in [0, 0.05) is 6.07 Å². The second-order valence-corrected chi connectivity index (χ2v) is 2.78. The molecule has 0 unspecified atom stereocenters. The van der Waals surface area contributed by atoms with Crippen LogP contribution in [-0.4, -0.2) is 15.1 Å². The van der Waals surface area contributed by atoms with Gasteiger partial charge in [0.05, 0.1) is 11.0 Å². The fraction of sp³-hybridized carbons (Fsp3) is 0.125. The molecule has 4 nitrogen and oxygen atoms in total. The van der Waals surface area contributed by atoms with Gasteiger partial charge in [-0.2, -0.15) is 0 Å². The van der Waals surface area contributed by atoms with Crippen LogP contribution in [0.3, 0.4) is 0 Å². The SMILES string of the molecule is Cc1cc(O)cc2[nH]c(N)nc12. The number of aromatic hydroxyl groups is 1. The lowest BCUT2D eigenvalue weighted by Gasteiger charge is -1.94. The Morgan fingerprint density at radius 3 is 3.00 bits per heavy atom. The van der Waals surface area contributed by atoms with E-state index in [1.165, 1.54) is 0 Å². The van der Waals surface area contributed by atoms with E-state index in [1.54, 1.807) is 12.1 Å². The van der Waals surface area contributed by atoms with Crippen LogP contribution in [0.15, 0.2) is 12.1 Å². The van der Waals surface area contributed by atoms with Crippen molar-refractivity contribution in [3.05, 3.63) is 17.7 Å². The molecule has 0 atom stereocenters.